The Hall–Kier alpha value is -2.49. The van der Waals surface area contributed by atoms with Crippen molar-refractivity contribution in [2.75, 3.05) is 18.0 Å². The van der Waals surface area contributed by atoms with Crippen molar-refractivity contribution in [3.63, 3.8) is 0 Å². The summed E-state index contributed by atoms with van der Waals surface area (Å²) >= 11 is 0. The van der Waals surface area contributed by atoms with Gasteiger partial charge in [0, 0.05) is 25.9 Å². The average Bonchev–Trinajstić information content (AvgIpc) is 2.96. The molecule has 0 radical (unpaired) electrons. The Morgan fingerprint density at radius 3 is 2.77 bits per heavy atom. The first-order valence-electron chi connectivity index (χ1n) is 7.39. The first-order chi connectivity index (χ1) is 10.6. The second-order valence-corrected chi connectivity index (χ2v) is 5.68. The summed E-state index contributed by atoms with van der Waals surface area (Å²) in [7, 11) is 0. The molecule has 3 rings (SSSR count). The van der Waals surface area contributed by atoms with Crippen molar-refractivity contribution in [2.24, 2.45) is 0 Å². The van der Waals surface area contributed by atoms with Crippen molar-refractivity contribution in [3.8, 4) is 6.07 Å². The fourth-order valence-corrected chi connectivity index (χ4v) is 2.81. The molecule has 1 fully saturated rings. The van der Waals surface area contributed by atoms with Crippen LogP contribution in [0.3, 0.4) is 0 Å². The van der Waals surface area contributed by atoms with E-state index in [9.17, 15) is 5.26 Å². The normalized spacial score (nSPS) is 18.3. The molecule has 7 heteroatoms. The van der Waals surface area contributed by atoms with E-state index in [2.05, 4.69) is 31.3 Å². The molecule has 0 aliphatic carbocycles. The van der Waals surface area contributed by atoms with Gasteiger partial charge in [-0.3, -0.25) is 0 Å². The van der Waals surface area contributed by atoms with E-state index in [1.807, 2.05) is 13.8 Å². The van der Waals surface area contributed by atoms with Crippen LogP contribution in [0.1, 0.15) is 47.3 Å². The minimum atomic E-state index is 0.196. The molecule has 3 heterocycles. The number of piperidine rings is 1. The fourth-order valence-electron chi connectivity index (χ4n) is 2.81. The second-order valence-electron chi connectivity index (χ2n) is 5.68. The number of nitriles is 1. The molecule has 1 atom stereocenters. The maximum absolute atomic E-state index is 9.46. The van der Waals surface area contributed by atoms with Crippen LogP contribution in [0.15, 0.2) is 4.52 Å². The lowest BCUT2D eigenvalue weighted by Crippen LogP contribution is -2.36. The number of aryl methyl sites for hydroxylation is 2. The second kappa shape index (κ2) is 5.72. The number of hydrogen-bond acceptors (Lipinski definition) is 7. The van der Waals surface area contributed by atoms with E-state index in [4.69, 9.17) is 4.52 Å². The molecule has 1 aliphatic rings. The lowest BCUT2D eigenvalue weighted by atomic mass is 9.96. The highest BCUT2D eigenvalue weighted by Gasteiger charge is 2.28. The van der Waals surface area contributed by atoms with Crippen molar-refractivity contribution >= 4 is 5.82 Å². The molecule has 0 spiro atoms. The zero-order valence-electron chi connectivity index (χ0n) is 13.0. The van der Waals surface area contributed by atoms with Gasteiger partial charge in [-0.05, 0) is 32.3 Å². The summed E-state index contributed by atoms with van der Waals surface area (Å²) < 4.78 is 5.08. The topological polar surface area (TPSA) is 91.7 Å². The molecule has 22 heavy (non-hydrogen) atoms. The zero-order chi connectivity index (χ0) is 15.7. The highest BCUT2D eigenvalue weighted by atomic mass is 16.5. The van der Waals surface area contributed by atoms with Crippen molar-refractivity contribution in [1.82, 2.24) is 20.3 Å². The molecule has 7 nitrogen and oxygen atoms in total. The molecule has 0 bridgehead atoms. The van der Waals surface area contributed by atoms with Gasteiger partial charge in [-0.15, -0.1) is 5.10 Å². The fraction of sp³-hybridized carbons (Fsp3) is 0.533. The SMILES string of the molecule is Cc1nc([C@H]2CCCN(c3nnc(C)c(C)c3C#N)C2)no1. The van der Waals surface area contributed by atoms with E-state index < -0.39 is 0 Å². The molecule has 0 N–H and O–H groups in total. The molecule has 1 saturated heterocycles. The summed E-state index contributed by atoms with van der Waals surface area (Å²) in [5.74, 6) is 2.17. The van der Waals surface area contributed by atoms with E-state index in [0.29, 0.717) is 17.3 Å². The van der Waals surface area contributed by atoms with Crippen LogP contribution in [0.25, 0.3) is 0 Å². The van der Waals surface area contributed by atoms with Gasteiger partial charge < -0.3 is 9.42 Å². The Morgan fingerprint density at radius 2 is 2.09 bits per heavy atom. The van der Waals surface area contributed by atoms with E-state index in [1.54, 1.807) is 6.92 Å². The third-order valence-corrected chi connectivity index (χ3v) is 4.18. The van der Waals surface area contributed by atoms with E-state index in [0.717, 1.165) is 43.0 Å². The van der Waals surface area contributed by atoms with Crippen LogP contribution in [0.2, 0.25) is 0 Å². The van der Waals surface area contributed by atoms with Crippen molar-refractivity contribution in [2.45, 2.75) is 39.5 Å². The van der Waals surface area contributed by atoms with Gasteiger partial charge in [0.15, 0.2) is 11.6 Å². The summed E-state index contributed by atoms with van der Waals surface area (Å²) in [6.45, 7) is 7.16. The lowest BCUT2D eigenvalue weighted by molar-refractivity contribution is 0.376. The van der Waals surface area contributed by atoms with Gasteiger partial charge in [0.1, 0.15) is 11.6 Å². The molecule has 0 amide bonds. The molecule has 114 valence electrons. The number of rotatable bonds is 2. The Balaban J connectivity index is 1.90. The Labute approximate surface area is 129 Å². The molecule has 1 aliphatic heterocycles. The average molecular weight is 298 g/mol. The first-order valence-corrected chi connectivity index (χ1v) is 7.39. The van der Waals surface area contributed by atoms with Gasteiger partial charge in [-0.1, -0.05) is 5.16 Å². The van der Waals surface area contributed by atoms with Gasteiger partial charge in [-0.25, -0.2) is 0 Å². The minimum Gasteiger partial charge on any atom is -0.353 e. The van der Waals surface area contributed by atoms with Crippen LogP contribution in [-0.4, -0.2) is 33.4 Å². The molecular weight excluding hydrogens is 280 g/mol. The standard InChI is InChI=1S/C15H18N6O/c1-9-10(2)18-19-15(13(9)7-16)21-6-4-5-12(8-21)14-17-11(3)22-20-14/h12H,4-6,8H2,1-3H3/t12-/m0/s1. The van der Waals surface area contributed by atoms with Gasteiger partial charge >= 0.3 is 0 Å². The van der Waals surface area contributed by atoms with E-state index >= 15 is 0 Å². The van der Waals surface area contributed by atoms with Crippen LogP contribution >= 0.6 is 0 Å². The Morgan fingerprint density at radius 1 is 1.27 bits per heavy atom. The molecule has 2 aromatic heterocycles. The highest BCUT2D eigenvalue weighted by molar-refractivity contribution is 5.57. The first kappa shape index (κ1) is 14.4. The number of nitrogens with zero attached hydrogens (tertiary/aromatic N) is 6. The lowest BCUT2D eigenvalue weighted by Gasteiger charge is -2.32. The summed E-state index contributed by atoms with van der Waals surface area (Å²) in [6, 6.07) is 2.27. The molecule has 0 aromatic carbocycles. The van der Waals surface area contributed by atoms with Gasteiger partial charge in [0.05, 0.1) is 5.69 Å². The molecular formula is C15H18N6O. The van der Waals surface area contributed by atoms with Crippen molar-refractivity contribution in [3.05, 3.63) is 28.5 Å². The van der Waals surface area contributed by atoms with Crippen LogP contribution in [0.4, 0.5) is 5.82 Å². The predicted molar refractivity (Wildman–Crippen MR) is 79.4 cm³/mol. The Kier molecular flexibility index (Phi) is 3.75. The smallest absolute Gasteiger partial charge is 0.223 e. The third kappa shape index (κ3) is 2.52. The van der Waals surface area contributed by atoms with Crippen LogP contribution < -0.4 is 4.90 Å². The minimum absolute atomic E-state index is 0.196. The van der Waals surface area contributed by atoms with E-state index in [-0.39, 0.29) is 5.92 Å². The van der Waals surface area contributed by atoms with Crippen LogP contribution in [-0.2, 0) is 0 Å². The van der Waals surface area contributed by atoms with Crippen molar-refractivity contribution in [1.29, 1.82) is 5.26 Å². The number of hydrogen-bond donors (Lipinski definition) is 0. The molecule has 2 aromatic rings. The van der Waals surface area contributed by atoms with Crippen molar-refractivity contribution < 1.29 is 4.52 Å². The van der Waals surface area contributed by atoms with E-state index in [1.165, 1.54) is 0 Å². The maximum Gasteiger partial charge on any atom is 0.223 e. The zero-order valence-corrected chi connectivity index (χ0v) is 13.0. The molecule has 0 unspecified atom stereocenters. The third-order valence-electron chi connectivity index (χ3n) is 4.18. The monoisotopic (exact) mass is 298 g/mol. The summed E-state index contributed by atoms with van der Waals surface area (Å²) in [6.07, 6.45) is 2.01. The number of aromatic nitrogens is 4. The van der Waals surface area contributed by atoms with Crippen LogP contribution in [0.5, 0.6) is 0 Å². The van der Waals surface area contributed by atoms with Gasteiger partial charge in [-0.2, -0.15) is 15.3 Å². The largest absolute Gasteiger partial charge is 0.353 e. The molecule has 0 saturated carbocycles. The summed E-state index contributed by atoms with van der Waals surface area (Å²) in [5, 5.41) is 21.9. The quantitative estimate of drug-likeness (QED) is 0.837. The summed E-state index contributed by atoms with van der Waals surface area (Å²) in [5.41, 5.74) is 2.30. The predicted octanol–water partition coefficient (Wildman–Crippen LogP) is 2.04. The van der Waals surface area contributed by atoms with Gasteiger partial charge in [0.2, 0.25) is 5.89 Å². The Bertz CT molecular complexity index is 732. The number of anilines is 1. The van der Waals surface area contributed by atoms with Crippen LogP contribution in [0, 0.1) is 32.1 Å². The summed E-state index contributed by atoms with van der Waals surface area (Å²) in [4.78, 5) is 6.44. The highest BCUT2D eigenvalue weighted by Crippen LogP contribution is 2.30. The maximum atomic E-state index is 9.46. The van der Waals surface area contributed by atoms with Gasteiger partial charge in [0.25, 0.3) is 0 Å².